The molecule has 0 saturated carbocycles. The summed E-state index contributed by atoms with van der Waals surface area (Å²) in [6.07, 6.45) is 1.04. The zero-order chi connectivity index (χ0) is 12.4. The van der Waals surface area contributed by atoms with Crippen LogP contribution in [0.15, 0.2) is 18.2 Å². The SMILES string of the molecule is CCCn1c(-c2cccc(C)c2I)n[nH]c1=S. The minimum absolute atomic E-state index is 0.694. The standard InChI is InChI=1S/C12H14IN3S/c1-3-7-16-11(14-15-12(16)17)9-6-4-5-8(2)10(9)13/h4-6H,3,7H2,1-2H3,(H,15,17). The fourth-order valence-electron chi connectivity index (χ4n) is 1.77. The molecule has 3 nitrogen and oxygen atoms in total. The van der Waals surface area contributed by atoms with E-state index in [0.717, 1.165) is 24.4 Å². The van der Waals surface area contributed by atoms with Crippen molar-refractivity contribution in [2.75, 3.05) is 0 Å². The van der Waals surface area contributed by atoms with Gasteiger partial charge in [-0.2, -0.15) is 5.10 Å². The molecule has 1 aromatic heterocycles. The molecule has 0 fully saturated rings. The molecule has 90 valence electrons. The summed E-state index contributed by atoms with van der Waals surface area (Å²) >= 11 is 7.62. The van der Waals surface area contributed by atoms with E-state index >= 15 is 0 Å². The number of nitrogens with one attached hydrogen (secondary N) is 1. The van der Waals surface area contributed by atoms with Crippen molar-refractivity contribution in [1.82, 2.24) is 14.8 Å². The molecule has 0 unspecified atom stereocenters. The van der Waals surface area contributed by atoms with Crippen LogP contribution in [-0.2, 0) is 6.54 Å². The zero-order valence-electron chi connectivity index (χ0n) is 9.83. The normalized spacial score (nSPS) is 10.8. The van der Waals surface area contributed by atoms with Gasteiger partial charge in [0.05, 0.1) is 0 Å². The Morgan fingerprint density at radius 2 is 2.24 bits per heavy atom. The Bertz CT molecular complexity index is 586. The molecule has 0 aliphatic heterocycles. The van der Waals surface area contributed by atoms with Crippen LogP contribution in [0.25, 0.3) is 11.4 Å². The number of aryl methyl sites for hydroxylation is 1. The first kappa shape index (κ1) is 12.8. The Morgan fingerprint density at radius 1 is 1.47 bits per heavy atom. The molecule has 1 aromatic carbocycles. The van der Waals surface area contributed by atoms with Crippen molar-refractivity contribution in [3.05, 3.63) is 32.1 Å². The Hall–Kier alpha value is -0.690. The van der Waals surface area contributed by atoms with Crippen molar-refractivity contribution in [2.45, 2.75) is 26.8 Å². The topological polar surface area (TPSA) is 33.6 Å². The van der Waals surface area contributed by atoms with E-state index in [1.165, 1.54) is 9.13 Å². The van der Waals surface area contributed by atoms with Gasteiger partial charge in [0.25, 0.3) is 0 Å². The summed E-state index contributed by atoms with van der Waals surface area (Å²) in [5.41, 5.74) is 2.41. The Labute approximate surface area is 119 Å². The predicted molar refractivity (Wildman–Crippen MR) is 80.6 cm³/mol. The van der Waals surface area contributed by atoms with Gasteiger partial charge in [0.15, 0.2) is 10.6 Å². The molecular weight excluding hydrogens is 345 g/mol. The van der Waals surface area contributed by atoms with Gasteiger partial charge in [0, 0.05) is 15.7 Å². The number of H-pyrrole nitrogens is 1. The van der Waals surface area contributed by atoms with Crippen LogP contribution in [0, 0.1) is 15.3 Å². The van der Waals surface area contributed by atoms with Gasteiger partial charge in [-0.1, -0.05) is 25.1 Å². The lowest BCUT2D eigenvalue weighted by Gasteiger charge is -2.08. The number of nitrogens with zero attached hydrogens (tertiary/aromatic N) is 2. The summed E-state index contributed by atoms with van der Waals surface area (Å²) in [4.78, 5) is 0. The van der Waals surface area contributed by atoms with Crippen LogP contribution in [0.2, 0.25) is 0 Å². The first-order chi connectivity index (χ1) is 8.15. The van der Waals surface area contributed by atoms with Gasteiger partial charge in [-0.25, -0.2) is 0 Å². The van der Waals surface area contributed by atoms with E-state index in [2.05, 4.69) is 69.4 Å². The molecule has 2 rings (SSSR count). The van der Waals surface area contributed by atoms with Crippen molar-refractivity contribution in [1.29, 1.82) is 0 Å². The molecule has 0 amide bonds. The first-order valence-corrected chi connectivity index (χ1v) is 7.04. The predicted octanol–water partition coefficient (Wildman–Crippen LogP) is 3.93. The minimum Gasteiger partial charge on any atom is -0.300 e. The summed E-state index contributed by atoms with van der Waals surface area (Å²) in [5, 5.41) is 7.23. The molecule has 0 atom stereocenters. The number of aromatic amines is 1. The van der Waals surface area contributed by atoms with E-state index in [4.69, 9.17) is 12.2 Å². The summed E-state index contributed by atoms with van der Waals surface area (Å²) in [6, 6.07) is 6.25. The quantitative estimate of drug-likeness (QED) is 0.666. The van der Waals surface area contributed by atoms with Gasteiger partial charge in [-0.05, 0) is 53.7 Å². The fraction of sp³-hybridized carbons (Fsp3) is 0.333. The molecule has 1 N–H and O–H groups in total. The Morgan fingerprint density at radius 3 is 2.94 bits per heavy atom. The second-order valence-corrected chi connectivity index (χ2v) is 5.41. The largest absolute Gasteiger partial charge is 0.300 e. The summed E-state index contributed by atoms with van der Waals surface area (Å²) in [7, 11) is 0. The van der Waals surface area contributed by atoms with Crippen LogP contribution in [0.3, 0.4) is 0 Å². The van der Waals surface area contributed by atoms with E-state index in [0.29, 0.717) is 4.77 Å². The van der Waals surface area contributed by atoms with Crippen molar-refractivity contribution in [2.24, 2.45) is 0 Å². The van der Waals surface area contributed by atoms with Gasteiger partial charge in [-0.3, -0.25) is 5.10 Å². The van der Waals surface area contributed by atoms with Gasteiger partial charge in [0.1, 0.15) is 0 Å². The van der Waals surface area contributed by atoms with Gasteiger partial charge < -0.3 is 4.57 Å². The lowest BCUT2D eigenvalue weighted by atomic mass is 10.1. The molecule has 0 aliphatic carbocycles. The van der Waals surface area contributed by atoms with E-state index in [-0.39, 0.29) is 0 Å². The molecule has 2 aromatic rings. The third kappa shape index (κ3) is 2.44. The number of halogens is 1. The highest BCUT2D eigenvalue weighted by Crippen LogP contribution is 2.26. The highest BCUT2D eigenvalue weighted by Gasteiger charge is 2.12. The summed E-state index contributed by atoms with van der Waals surface area (Å²) < 4.78 is 3.99. The summed E-state index contributed by atoms with van der Waals surface area (Å²) in [6.45, 7) is 5.14. The maximum atomic E-state index is 5.26. The van der Waals surface area contributed by atoms with Crippen LogP contribution < -0.4 is 0 Å². The molecule has 0 aliphatic rings. The van der Waals surface area contributed by atoms with Crippen LogP contribution in [0.1, 0.15) is 18.9 Å². The lowest BCUT2D eigenvalue weighted by Crippen LogP contribution is -2.01. The number of benzene rings is 1. The average molecular weight is 359 g/mol. The Kier molecular flexibility index (Phi) is 3.98. The van der Waals surface area contributed by atoms with Crippen LogP contribution >= 0.6 is 34.8 Å². The van der Waals surface area contributed by atoms with Crippen molar-refractivity contribution in [3.63, 3.8) is 0 Å². The summed E-state index contributed by atoms with van der Waals surface area (Å²) in [5.74, 6) is 0.935. The van der Waals surface area contributed by atoms with Crippen molar-refractivity contribution in [3.8, 4) is 11.4 Å². The highest BCUT2D eigenvalue weighted by atomic mass is 127. The zero-order valence-corrected chi connectivity index (χ0v) is 12.8. The molecule has 1 heterocycles. The maximum Gasteiger partial charge on any atom is 0.195 e. The molecule has 0 bridgehead atoms. The van der Waals surface area contributed by atoms with Crippen LogP contribution in [-0.4, -0.2) is 14.8 Å². The first-order valence-electron chi connectivity index (χ1n) is 5.55. The third-order valence-corrected chi connectivity index (χ3v) is 4.38. The molecular formula is C12H14IN3S. The van der Waals surface area contributed by atoms with Crippen molar-refractivity contribution < 1.29 is 0 Å². The second-order valence-electron chi connectivity index (χ2n) is 3.94. The smallest absolute Gasteiger partial charge is 0.195 e. The van der Waals surface area contributed by atoms with Crippen molar-refractivity contribution >= 4 is 34.8 Å². The van der Waals surface area contributed by atoms with E-state index < -0.39 is 0 Å². The number of hydrogen-bond donors (Lipinski definition) is 1. The Balaban J connectivity index is 2.60. The minimum atomic E-state index is 0.694. The van der Waals surface area contributed by atoms with Gasteiger partial charge >= 0.3 is 0 Å². The third-order valence-electron chi connectivity index (χ3n) is 2.64. The van der Waals surface area contributed by atoms with Gasteiger partial charge in [0.2, 0.25) is 0 Å². The fourth-order valence-corrected chi connectivity index (χ4v) is 2.60. The van der Waals surface area contributed by atoms with Gasteiger partial charge in [-0.15, -0.1) is 0 Å². The van der Waals surface area contributed by atoms with Crippen LogP contribution in [0.4, 0.5) is 0 Å². The lowest BCUT2D eigenvalue weighted by molar-refractivity contribution is 0.674. The monoisotopic (exact) mass is 359 g/mol. The van der Waals surface area contributed by atoms with E-state index in [9.17, 15) is 0 Å². The maximum absolute atomic E-state index is 5.26. The molecule has 0 radical (unpaired) electrons. The van der Waals surface area contributed by atoms with E-state index in [1.807, 2.05) is 0 Å². The molecule has 17 heavy (non-hydrogen) atoms. The van der Waals surface area contributed by atoms with Crippen LogP contribution in [0.5, 0.6) is 0 Å². The average Bonchev–Trinajstić information content (AvgIpc) is 2.66. The number of rotatable bonds is 3. The molecule has 5 heteroatoms. The molecule has 0 saturated heterocycles. The number of aromatic nitrogens is 3. The number of hydrogen-bond acceptors (Lipinski definition) is 2. The molecule has 0 spiro atoms. The highest BCUT2D eigenvalue weighted by molar-refractivity contribution is 14.1. The second kappa shape index (κ2) is 5.30. The van der Waals surface area contributed by atoms with E-state index in [1.54, 1.807) is 0 Å².